The van der Waals surface area contributed by atoms with Gasteiger partial charge in [0.15, 0.2) is 0 Å². The van der Waals surface area contributed by atoms with E-state index < -0.39 is 12.5 Å². The molecule has 1 aromatic rings. The SMILES string of the molecule is CC1CCC(C(O)c2ccc(OC(F)(F)F)cc2)CC1. The van der Waals surface area contributed by atoms with E-state index in [2.05, 4.69) is 11.7 Å². The van der Waals surface area contributed by atoms with Gasteiger partial charge in [-0.25, -0.2) is 0 Å². The Labute approximate surface area is 116 Å². The Hall–Kier alpha value is -1.23. The van der Waals surface area contributed by atoms with Gasteiger partial charge in [0, 0.05) is 0 Å². The molecule has 0 saturated heterocycles. The van der Waals surface area contributed by atoms with E-state index in [9.17, 15) is 18.3 Å². The number of benzene rings is 1. The van der Waals surface area contributed by atoms with Crippen LogP contribution in [0.1, 0.15) is 44.3 Å². The van der Waals surface area contributed by atoms with Crippen molar-refractivity contribution in [3.05, 3.63) is 29.8 Å². The van der Waals surface area contributed by atoms with Gasteiger partial charge in [0.25, 0.3) is 0 Å². The molecule has 1 aliphatic rings. The highest BCUT2D eigenvalue weighted by Crippen LogP contribution is 2.37. The van der Waals surface area contributed by atoms with Gasteiger partial charge in [-0.1, -0.05) is 31.9 Å². The molecule has 1 fully saturated rings. The predicted molar refractivity (Wildman–Crippen MR) is 69.2 cm³/mol. The van der Waals surface area contributed by atoms with E-state index in [0.717, 1.165) is 25.7 Å². The van der Waals surface area contributed by atoms with Crippen LogP contribution in [-0.4, -0.2) is 11.5 Å². The number of ether oxygens (including phenoxy) is 1. The second-order valence-electron chi connectivity index (χ2n) is 5.58. The molecular formula is C15H19F3O2. The van der Waals surface area contributed by atoms with Crippen molar-refractivity contribution in [2.24, 2.45) is 11.8 Å². The van der Waals surface area contributed by atoms with Gasteiger partial charge in [0.05, 0.1) is 6.10 Å². The molecule has 1 saturated carbocycles. The van der Waals surface area contributed by atoms with Gasteiger partial charge >= 0.3 is 6.36 Å². The summed E-state index contributed by atoms with van der Waals surface area (Å²) >= 11 is 0. The molecule has 2 rings (SSSR count). The van der Waals surface area contributed by atoms with Crippen LogP contribution in [-0.2, 0) is 0 Å². The van der Waals surface area contributed by atoms with Gasteiger partial charge in [-0.15, -0.1) is 13.2 Å². The van der Waals surface area contributed by atoms with Crippen LogP contribution >= 0.6 is 0 Å². The number of hydrogen-bond acceptors (Lipinski definition) is 2. The van der Waals surface area contributed by atoms with E-state index in [-0.39, 0.29) is 11.7 Å². The van der Waals surface area contributed by atoms with Crippen molar-refractivity contribution in [2.45, 2.75) is 45.1 Å². The van der Waals surface area contributed by atoms with Crippen LogP contribution in [0.3, 0.4) is 0 Å². The molecular weight excluding hydrogens is 269 g/mol. The molecule has 0 spiro atoms. The topological polar surface area (TPSA) is 29.5 Å². The first kappa shape index (κ1) is 15.2. The Morgan fingerprint density at radius 1 is 1.10 bits per heavy atom. The maximum atomic E-state index is 12.1. The summed E-state index contributed by atoms with van der Waals surface area (Å²) in [7, 11) is 0. The third-order valence-electron chi connectivity index (χ3n) is 3.96. The Morgan fingerprint density at radius 3 is 2.15 bits per heavy atom. The van der Waals surface area contributed by atoms with Crippen LogP contribution in [0.4, 0.5) is 13.2 Å². The van der Waals surface area contributed by atoms with Crippen LogP contribution in [0.5, 0.6) is 5.75 Å². The third-order valence-corrected chi connectivity index (χ3v) is 3.96. The van der Waals surface area contributed by atoms with Gasteiger partial charge in [0.1, 0.15) is 5.75 Å². The number of hydrogen-bond donors (Lipinski definition) is 1. The van der Waals surface area contributed by atoms with Crippen LogP contribution in [0.15, 0.2) is 24.3 Å². The summed E-state index contributed by atoms with van der Waals surface area (Å²) in [6.45, 7) is 2.20. The summed E-state index contributed by atoms with van der Waals surface area (Å²) in [4.78, 5) is 0. The standard InChI is InChI=1S/C15H19F3O2/c1-10-2-4-11(5-3-10)14(19)12-6-8-13(9-7-12)20-15(16,17)18/h6-11,14,19H,2-5H2,1H3. The molecule has 20 heavy (non-hydrogen) atoms. The second-order valence-corrected chi connectivity index (χ2v) is 5.58. The second kappa shape index (κ2) is 6.04. The molecule has 0 heterocycles. The lowest BCUT2D eigenvalue weighted by Gasteiger charge is -2.30. The zero-order valence-electron chi connectivity index (χ0n) is 11.4. The Bertz CT molecular complexity index is 420. The maximum Gasteiger partial charge on any atom is 0.573 e. The van der Waals surface area contributed by atoms with Crippen molar-refractivity contribution < 1.29 is 23.0 Å². The third kappa shape index (κ3) is 4.13. The van der Waals surface area contributed by atoms with Gasteiger partial charge < -0.3 is 9.84 Å². The number of aliphatic hydroxyl groups excluding tert-OH is 1. The summed E-state index contributed by atoms with van der Waals surface area (Å²) in [6, 6.07) is 5.50. The highest BCUT2D eigenvalue weighted by Gasteiger charge is 2.31. The highest BCUT2D eigenvalue weighted by atomic mass is 19.4. The van der Waals surface area contributed by atoms with Gasteiger partial charge in [-0.3, -0.25) is 0 Å². The Balaban J connectivity index is 1.98. The molecule has 112 valence electrons. The minimum Gasteiger partial charge on any atom is -0.406 e. The largest absolute Gasteiger partial charge is 0.573 e. The van der Waals surface area contributed by atoms with Gasteiger partial charge in [0.2, 0.25) is 0 Å². The zero-order chi connectivity index (χ0) is 14.8. The smallest absolute Gasteiger partial charge is 0.406 e. The molecule has 5 heteroatoms. The quantitative estimate of drug-likeness (QED) is 0.890. The van der Waals surface area contributed by atoms with E-state index in [0.29, 0.717) is 11.5 Å². The molecule has 1 aliphatic carbocycles. The van der Waals surface area contributed by atoms with E-state index >= 15 is 0 Å². The van der Waals surface area contributed by atoms with E-state index in [1.54, 1.807) is 0 Å². The van der Waals surface area contributed by atoms with Crippen molar-refractivity contribution in [3.63, 3.8) is 0 Å². The lowest BCUT2D eigenvalue weighted by atomic mass is 9.78. The first-order valence-electron chi connectivity index (χ1n) is 6.89. The molecule has 0 bridgehead atoms. The molecule has 1 aromatic carbocycles. The summed E-state index contributed by atoms with van der Waals surface area (Å²) < 4.78 is 40.0. The molecule has 0 amide bonds. The predicted octanol–water partition coefficient (Wildman–Crippen LogP) is 4.44. The molecule has 1 N–H and O–H groups in total. The fourth-order valence-electron chi connectivity index (χ4n) is 2.74. The maximum absolute atomic E-state index is 12.1. The van der Waals surface area contributed by atoms with Crippen molar-refractivity contribution in [2.75, 3.05) is 0 Å². The average Bonchev–Trinajstić information content (AvgIpc) is 2.38. The summed E-state index contributed by atoms with van der Waals surface area (Å²) in [6.07, 6.45) is -1.18. The summed E-state index contributed by atoms with van der Waals surface area (Å²) in [5.74, 6) is 0.632. The molecule has 0 radical (unpaired) electrons. The van der Waals surface area contributed by atoms with Gasteiger partial charge in [-0.05, 0) is 42.4 Å². The van der Waals surface area contributed by atoms with Crippen LogP contribution in [0.2, 0.25) is 0 Å². The number of alkyl halides is 3. The number of rotatable bonds is 3. The van der Waals surface area contributed by atoms with Crippen molar-refractivity contribution in [1.82, 2.24) is 0 Å². The minimum absolute atomic E-state index is 0.195. The lowest BCUT2D eigenvalue weighted by Crippen LogP contribution is -2.19. The molecule has 0 aliphatic heterocycles. The highest BCUT2D eigenvalue weighted by molar-refractivity contribution is 5.29. The van der Waals surface area contributed by atoms with Gasteiger partial charge in [-0.2, -0.15) is 0 Å². The lowest BCUT2D eigenvalue weighted by molar-refractivity contribution is -0.274. The first-order valence-corrected chi connectivity index (χ1v) is 6.89. The fraction of sp³-hybridized carbons (Fsp3) is 0.600. The summed E-state index contributed by atoms with van der Waals surface area (Å²) in [5.41, 5.74) is 0.652. The molecule has 2 nitrogen and oxygen atoms in total. The van der Waals surface area contributed by atoms with E-state index in [1.807, 2.05) is 0 Å². The summed E-state index contributed by atoms with van der Waals surface area (Å²) in [5, 5.41) is 10.3. The van der Waals surface area contributed by atoms with Crippen molar-refractivity contribution >= 4 is 0 Å². The minimum atomic E-state index is -4.68. The molecule has 1 unspecified atom stereocenters. The Kier molecular flexibility index (Phi) is 4.58. The fourth-order valence-corrected chi connectivity index (χ4v) is 2.74. The normalized spacial score (nSPS) is 25.2. The molecule has 1 atom stereocenters. The van der Waals surface area contributed by atoms with E-state index in [1.165, 1.54) is 24.3 Å². The molecule has 0 aromatic heterocycles. The average molecular weight is 288 g/mol. The van der Waals surface area contributed by atoms with Crippen LogP contribution in [0, 0.1) is 11.8 Å². The van der Waals surface area contributed by atoms with Crippen LogP contribution in [0.25, 0.3) is 0 Å². The van der Waals surface area contributed by atoms with Crippen LogP contribution < -0.4 is 4.74 Å². The zero-order valence-corrected chi connectivity index (χ0v) is 11.4. The number of aliphatic hydroxyl groups is 1. The van der Waals surface area contributed by atoms with Crippen molar-refractivity contribution in [1.29, 1.82) is 0 Å². The monoisotopic (exact) mass is 288 g/mol. The number of halogens is 3. The van der Waals surface area contributed by atoms with E-state index in [4.69, 9.17) is 0 Å². The van der Waals surface area contributed by atoms with Crippen molar-refractivity contribution in [3.8, 4) is 5.75 Å². The Morgan fingerprint density at radius 2 is 1.65 bits per heavy atom. The first-order chi connectivity index (χ1) is 9.35.